The number of hydrogen-bond donors (Lipinski definition) is 1. The first kappa shape index (κ1) is 31.6. The van der Waals surface area contributed by atoms with Crippen molar-refractivity contribution in [2.75, 3.05) is 31.5 Å². The molecule has 1 saturated heterocycles. The number of fused-ring (bicyclic) bond motifs is 2. The Morgan fingerprint density at radius 2 is 1.63 bits per heavy atom. The van der Waals surface area contributed by atoms with Gasteiger partial charge in [0.1, 0.15) is 0 Å². The van der Waals surface area contributed by atoms with Gasteiger partial charge in [0.05, 0.1) is 6.54 Å². The Balaban J connectivity index is 1.44. The van der Waals surface area contributed by atoms with E-state index in [1.165, 1.54) is 47.9 Å². The zero-order valence-electron chi connectivity index (χ0n) is 25.7. The molecule has 1 N–H and O–H groups in total. The second kappa shape index (κ2) is 14.3. The van der Waals surface area contributed by atoms with Crippen molar-refractivity contribution in [3.05, 3.63) is 87.4 Å². The maximum Gasteiger partial charge on any atom is 0.238 e. The number of nitrogens with zero attached hydrogens (tertiary/aromatic N) is 2. The summed E-state index contributed by atoms with van der Waals surface area (Å²) in [4.78, 5) is 18.6. The lowest BCUT2D eigenvalue weighted by atomic mass is 9.73. The van der Waals surface area contributed by atoms with Crippen LogP contribution in [0.15, 0.2) is 60.7 Å². The topological polar surface area (TPSA) is 35.6 Å². The molecule has 1 fully saturated rings. The number of piperidine rings is 1. The molecule has 3 aromatic rings. The predicted molar refractivity (Wildman–Crippen MR) is 181 cm³/mol. The summed E-state index contributed by atoms with van der Waals surface area (Å²) in [5.74, 6) is 6.17. The van der Waals surface area contributed by atoms with Gasteiger partial charge in [0.15, 0.2) is 0 Å². The van der Waals surface area contributed by atoms with E-state index in [1.807, 2.05) is 6.92 Å². The molecule has 226 valence electrons. The molecule has 1 amide bonds. The van der Waals surface area contributed by atoms with Gasteiger partial charge in [-0.25, -0.2) is 0 Å². The van der Waals surface area contributed by atoms with Crippen molar-refractivity contribution in [1.82, 2.24) is 9.80 Å². The van der Waals surface area contributed by atoms with Crippen LogP contribution in [-0.2, 0) is 16.8 Å². The fraction of sp³-hybridized carbons (Fsp3) is 0.432. The van der Waals surface area contributed by atoms with Crippen LogP contribution in [0.1, 0.15) is 76.0 Å². The number of anilines is 1. The summed E-state index contributed by atoms with van der Waals surface area (Å²) in [6.45, 7) is 9.73. The van der Waals surface area contributed by atoms with Gasteiger partial charge in [0, 0.05) is 52.5 Å². The number of amides is 1. The highest BCUT2D eigenvalue weighted by Crippen LogP contribution is 2.45. The van der Waals surface area contributed by atoms with Crippen LogP contribution in [0.3, 0.4) is 0 Å². The molecule has 2 aliphatic heterocycles. The Morgan fingerprint density at radius 3 is 2.30 bits per heavy atom. The third kappa shape index (κ3) is 7.30. The molecule has 3 aromatic carbocycles. The molecule has 1 spiro atoms. The van der Waals surface area contributed by atoms with E-state index in [-0.39, 0.29) is 11.4 Å². The van der Waals surface area contributed by atoms with Crippen molar-refractivity contribution in [3.63, 3.8) is 0 Å². The van der Waals surface area contributed by atoms with E-state index in [1.54, 1.807) is 18.2 Å². The van der Waals surface area contributed by atoms with E-state index in [0.717, 1.165) is 44.5 Å². The Morgan fingerprint density at radius 1 is 0.930 bits per heavy atom. The predicted octanol–water partition coefficient (Wildman–Crippen LogP) is 8.79. The minimum atomic E-state index is -0.176. The van der Waals surface area contributed by atoms with Gasteiger partial charge < -0.3 is 10.2 Å². The van der Waals surface area contributed by atoms with Crippen LogP contribution in [0.4, 0.5) is 5.69 Å². The van der Waals surface area contributed by atoms with Crippen LogP contribution < -0.4 is 5.32 Å². The molecule has 0 saturated carbocycles. The first-order chi connectivity index (χ1) is 20.8. The Hall–Kier alpha value is -2.81. The Bertz CT molecular complexity index is 1470. The van der Waals surface area contributed by atoms with Crippen LogP contribution in [0.25, 0.3) is 11.1 Å². The number of carbonyl (C=O) groups is 1. The van der Waals surface area contributed by atoms with E-state index < -0.39 is 0 Å². The second-order valence-electron chi connectivity index (χ2n) is 12.0. The molecule has 0 bridgehead atoms. The number of carbonyl (C=O) groups excluding carboxylic acids is 1. The van der Waals surface area contributed by atoms with Gasteiger partial charge >= 0.3 is 0 Å². The average Bonchev–Trinajstić information content (AvgIpc) is 2.98. The quantitative estimate of drug-likeness (QED) is 0.244. The molecule has 4 nitrogen and oxygen atoms in total. The summed E-state index contributed by atoms with van der Waals surface area (Å²) in [6, 6.07) is 21.3. The zero-order chi connectivity index (χ0) is 30.4. The fourth-order valence-corrected chi connectivity index (χ4v) is 7.77. The van der Waals surface area contributed by atoms with Crippen molar-refractivity contribution in [3.8, 4) is 23.0 Å². The van der Waals surface area contributed by atoms with Crippen LogP contribution >= 0.6 is 23.2 Å². The highest BCUT2D eigenvalue weighted by Gasteiger charge is 2.46. The van der Waals surface area contributed by atoms with E-state index >= 15 is 0 Å². The molecule has 0 radical (unpaired) electrons. The molecule has 5 rings (SSSR count). The third-order valence-electron chi connectivity index (χ3n) is 9.19. The molecule has 6 heteroatoms. The smallest absolute Gasteiger partial charge is 0.238 e. The number of likely N-dealkylation sites (tertiary alicyclic amines) is 1. The van der Waals surface area contributed by atoms with Gasteiger partial charge in [-0.15, -0.1) is 5.92 Å². The maximum absolute atomic E-state index is 13.4. The molecule has 0 unspecified atom stereocenters. The van der Waals surface area contributed by atoms with Crippen molar-refractivity contribution in [2.45, 2.75) is 77.3 Å². The Kier molecular flexibility index (Phi) is 10.5. The maximum atomic E-state index is 13.4. The van der Waals surface area contributed by atoms with Gasteiger partial charge in [-0.3, -0.25) is 9.69 Å². The monoisotopic (exact) mass is 615 g/mol. The first-order valence-electron chi connectivity index (χ1n) is 15.8. The summed E-state index contributed by atoms with van der Waals surface area (Å²) in [6.07, 6.45) is 7.86. The van der Waals surface area contributed by atoms with Gasteiger partial charge in [-0.1, -0.05) is 86.1 Å². The lowest BCUT2D eigenvalue weighted by Crippen LogP contribution is -2.58. The van der Waals surface area contributed by atoms with Crippen molar-refractivity contribution in [2.24, 2.45) is 0 Å². The minimum Gasteiger partial charge on any atom is -0.325 e. The summed E-state index contributed by atoms with van der Waals surface area (Å²) < 4.78 is 0. The SMILES string of the molecule is CC#Cc1cccc(-c2ccc3c(c2)CCN(CC(=O)Nc2cc(Cl)cc(Cl)c2)C32CCN(C(CCC)CCC)CC2)c1. The van der Waals surface area contributed by atoms with Crippen molar-refractivity contribution < 1.29 is 4.79 Å². The van der Waals surface area contributed by atoms with Gasteiger partial charge in [0.2, 0.25) is 5.91 Å². The highest BCUT2D eigenvalue weighted by molar-refractivity contribution is 6.35. The average molecular weight is 617 g/mol. The van der Waals surface area contributed by atoms with E-state index in [4.69, 9.17) is 23.2 Å². The minimum absolute atomic E-state index is 0.0381. The summed E-state index contributed by atoms with van der Waals surface area (Å²) in [5, 5.41) is 4.07. The molecule has 43 heavy (non-hydrogen) atoms. The zero-order valence-corrected chi connectivity index (χ0v) is 27.2. The number of benzene rings is 3. The Labute approximate surface area is 267 Å². The summed E-state index contributed by atoms with van der Waals surface area (Å²) in [5.41, 5.74) is 6.68. The van der Waals surface area contributed by atoms with Gasteiger partial charge in [-0.05, 0) is 91.6 Å². The van der Waals surface area contributed by atoms with E-state index in [9.17, 15) is 4.79 Å². The molecule has 0 aromatic heterocycles. The molecule has 2 aliphatic rings. The third-order valence-corrected chi connectivity index (χ3v) is 9.63. The van der Waals surface area contributed by atoms with Crippen molar-refractivity contribution >= 4 is 34.8 Å². The fourth-order valence-electron chi connectivity index (χ4n) is 7.25. The van der Waals surface area contributed by atoms with Crippen LogP contribution in [0, 0.1) is 11.8 Å². The number of hydrogen-bond acceptors (Lipinski definition) is 3. The number of rotatable bonds is 9. The van der Waals surface area contributed by atoms with Crippen LogP contribution in [0.2, 0.25) is 10.0 Å². The van der Waals surface area contributed by atoms with Gasteiger partial charge in [0.25, 0.3) is 0 Å². The van der Waals surface area contributed by atoms with E-state index in [0.29, 0.717) is 28.3 Å². The summed E-state index contributed by atoms with van der Waals surface area (Å²) in [7, 11) is 0. The van der Waals surface area contributed by atoms with Crippen molar-refractivity contribution in [1.29, 1.82) is 0 Å². The number of halogens is 2. The largest absolute Gasteiger partial charge is 0.325 e. The first-order valence-corrected chi connectivity index (χ1v) is 16.5. The molecule has 0 atom stereocenters. The van der Waals surface area contributed by atoms with Crippen LogP contribution in [-0.4, -0.2) is 47.9 Å². The lowest BCUT2D eigenvalue weighted by molar-refractivity contribution is -0.120. The molecular formula is C37H43Cl2N3O. The van der Waals surface area contributed by atoms with Gasteiger partial charge in [-0.2, -0.15) is 0 Å². The standard InChI is InChI=1S/C37H43Cl2N3O/c1-4-8-27-11-7-12-28(21-27)29-13-14-35-30(22-29)15-18-42(26-36(43)40-33-24-31(38)23-32(39)25-33)37(35)16-19-41(20-17-37)34(9-5-2)10-6-3/h7,11-14,21-25,34H,5-6,9-10,15-20,26H2,1-3H3,(H,40,43). The summed E-state index contributed by atoms with van der Waals surface area (Å²) >= 11 is 12.4. The second-order valence-corrected chi connectivity index (χ2v) is 12.9. The molecule has 2 heterocycles. The number of nitrogens with one attached hydrogen (secondary N) is 1. The highest BCUT2D eigenvalue weighted by atomic mass is 35.5. The van der Waals surface area contributed by atoms with Crippen LogP contribution in [0.5, 0.6) is 0 Å². The molecule has 0 aliphatic carbocycles. The lowest BCUT2D eigenvalue weighted by Gasteiger charge is -2.53. The normalized spacial score (nSPS) is 16.5. The van der Waals surface area contributed by atoms with E-state index in [2.05, 4.69) is 83.3 Å². The molecular weight excluding hydrogens is 573 g/mol.